The maximum Gasteiger partial charge on any atom is 0.268 e. The third kappa shape index (κ3) is 6.59. The average Bonchev–Trinajstić information content (AvgIpc) is 3.32. The van der Waals surface area contributed by atoms with E-state index in [4.69, 9.17) is 9.15 Å². The second kappa shape index (κ2) is 10.7. The molecule has 1 atom stereocenters. The fraction of sp³-hybridized carbons (Fsp3) is 0.259. The molecule has 33 heavy (non-hydrogen) atoms. The molecule has 3 aromatic rings. The van der Waals surface area contributed by atoms with E-state index >= 15 is 0 Å². The number of hydrogen-bond acceptors (Lipinski definition) is 4. The second-order valence-electron chi connectivity index (χ2n) is 8.58. The maximum atomic E-state index is 13.1. The molecule has 2 amide bonds. The monoisotopic (exact) mass is 446 g/mol. The van der Waals surface area contributed by atoms with Crippen molar-refractivity contribution >= 4 is 17.9 Å². The molecule has 0 unspecified atom stereocenters. The summed E-state index contributed by atoms with van der Waals surface area (Å²) >= 11 is 0. The average molecular weight is 447 g/mol. The number of nitrogens with one attached hydrogen (secondary N) is 2. The summed E-state index contributed by atoms with van der Waals surface area (Å²) in [6.07, 6.45) is 3.76. The Morgan fingerprint density at radius 2 is 1.73 bits per heavy atom. The van der Waals surface area contributed by atoms with Crippen LogP contribution in [-0.2, 0) is 10.2 Å². The summed E-state index contributed by atoms with van der Waals surface area (Å²) in [5.74, 6) is 0.324. The van der Waals surface area contributed by atoms with Crippen LogP contribution >= 0.6 is 0 Å². The van der Waals surface area contributed by atoms with Gasteiger partial charge in [-0.1, -0.05) is 44.2 Å². The number of rotatable bonds is 9. The molecule has 2 aromatic carbocycles. The first-order valence-electron chi connectivity index (χ1n) is 10.9. The van der Waals surface area contributed by atoms with Crippen molar-refractivity contribution in [1.82, 2.24) is 10.6 Å². The minimum Gasteiger partial charge on any atom is -0.497 e. The van der Waals surface area contributed by atoms with Crippen molar-refractivity contribution in [2.24, 2.45) is 0 Å². The normalized spacial score (nSPS) is 12.7. The smallest absolute Gasteiger partial charge is 0.268 e. The molecule has 0 aliphatic heterocycles. The van der Waals surface area contributed by atoms with Crippen LogP contribution in [0.5, 0.6) is 5.75 Å². The molecule has 0 fully saturated rings. The molecule has 3 rings (SSSR count). The first kappa shape index (κ1) is 23.9. The zero-order valence-electron chi connectivity index (χ0n) is 19.4. The predicted octanol–water partition coefficient (Wildman–Crippen LogP) is 4.93. The summed E-state index contributed by atoms with van der Waals surface area (Å²) in [4.78, 5) is 25.9. The molecule has 0 saturated heterocycles. The van der Waals surface area contributed by atoms with Gasteiger partial charge in [-0.25, -0.2) is 0 Å². The van der Waals surface area contributed by atoms with E-state index in [1.165, 1.54) is 17.9 Å². The topological polar surface area (TPSA) is 80.6 Å². The van der Waals surface area contributed by atoms with Crippen molar-refractivity contribution in [3.63, 3.8) is 0 Å². The van der Waals surface area contributed by atoms with E-state index in [1.54, 1.807) is 43.5 Å². The fourth-order valence-electron chi connectivity index (χ4n) is 3.74. The van der Waals surface area contributed by atoms with Gasteiger partial charge in [-0.15, -0.1) is 0 Å². The molecule has 0 aliphatic carbocycles. The molecule has 0 aliphatic rings. The molecule has 0 spiro atoms. The maximum absolute atomic E-state index is 13.1. The first-order chi connectivity index (χ1) is 15.8. The Balaban J connectivity index is 1.73. The van der Waals surface area contributed by atoms with E-state index in [2.05, 4.69) is 36.6 Å². The summed E-state index contributed by atoms with van der Waals surface area (Å²) in [6.45, 7) is 6.25. The number of carbonyl (C=O) groups excluding carboxylic acids is 2. The minimum atomic E-state index is -0.400. The molecule has 1 aromatic heterocycles. The minimum absolute atomic E-state index is 0.107. The molecule has 0 radical (unpaired) electrons. The quantitative estimate of drug-likeness (QED) is 0.457. The van der Waals surface area contributed by atoms with Crippen molar-refractivity contribution in [2.45, 2.75) is 38.6 Å². The van der Waals surface area contributed by atoms with Crippen molar-refractivity contribution in [3.8, 4) is 5.75 Å². The molecular formula is C27H30N2O4. The van der Waals surface area contributed by atoms with E-state index in [0.717, 1.165) is 6.42 Å². The van der Waals surface area contributed by atoms with E-state index in [-0.39, 0.29) is 23.1 Å². The van der Waals surface area contributed by atoms with Crippen LogP contribution in [0, 0.1) is 0 Å². The zero-order valence-corrected chi connectivity index (χ0v) is 19.4. The number of methoxy groups -OCH3 is 1. The first-order valence-corrected chi connectivity index (χ1v) is 10.9. The van der Waals surface area contributed by atoms with Gasteiger partial charge in [0.15, 0.2) is 0 Å². The van der Waals surface area contributed by atoms with Crippen molar-refractivity contribution in [1.29, 1.82) is 0 Å². The van der Waals surface area contributed by atoms with Gasteiger partial charge in [-0.2, -0.15) is 0 Å². The van der Waals surface area contributed by atoms with Crippen LogP contribution in [0.3, 0.4) is 0 Å². The van der Waals surface area contributed by atoms with Crippen LogP contribution in [0.15, 0.2) is 83.1 Å². The Morgan fingerprint density at radius 3 is 2.33 bits per heavy atom. The van der Waals surface area contributed by atoms with Gasteiger partial charge in [0.2, 0.25) is 0 Å². The number of hydrogen-bond donors (Lipinski definition) is 2. The molecular weight excluding hydrogens is 416 g/mol. The third-order valence-corrected chi connectivity index (χ3v) is 5.42. The van der Waals surface area contributed by atoms with E-state index in [1.807, 2.05) is 25.1 Å². The van der Waals surface area contributed by atoms with Crippen LogP contribution in [0.25, 0.3) is 6.08 Å². The van der Waals surface area contributed by atoms with Crippen LogP contribution in [0.4, 0.5) is 0 Å². The predicted molar refractivity (Wildman–Crippen MR) is 129 cm³/mol. The Hall–Kier alpha value is -3.80. The van der Waals surface area contributed by atoms with Crippen molar-refractivity contribution in [3.05, 3.63) is 95.6 Å². The standard InChI is InChI=1S/C27H30N2O4/c1-19(18-27(2,3)21-9-6-5-7-10-21)28-26(31)24(17-23-11-8-16-33-23)29-25(30)20-12-14-22(32-4)15-13-20/h5-17,19H,18H2,1-4H3,(H,28,31)(H,29,30)/b24-17-/t19-/m1/s1. The van der Waals surface area contributed by atoms with Crippen molar-refractivity contribution in [2.75, 3.05) is 7.11 Å². The largest absolute Gasteiger partial charge is 0.497 e. The molecule has 0 bridgehead atoms. The number of carbonyl (C=O) groups is 2. The highest BCUT2D eigenvalue weighted by molar-refractivity contribution is 6.05. The van der Waals surface area contributed by atoms with Gasteiger partial charge in [-0.05, 0) is 60.7 Å². The second-order valence-corrected chi connectivity index (χ2v) is 8.58. The number of ether oxygens (including phenoxy) is 1. The van der Waals surface area contributed by atoms with Gasteiger partial charge < -0.3 is 19.8 Å². The molecule has 0 saturated carbocycles. The number of benzene rings is 2. The van der Waals surface area contributed by atoms with Crippen LogP contribution < -0.4 is 15.4 Å². The number of furan rings is 1. The summed E-state index contributed by atoms with van der Waals surface area (Å²) in [6, 6.07) is 20.2. The molecule has 172 valence electrons. The van der Waals surface area contributed by atoms with Crippen LogP contribution in [0.2, 0.25) is 0 Å². The van der Waals surface area contributed by atoms with Crippen LogP contribution in [-0.4, -0.2) is 25.0 Å². The lowest BCUT2D eigenvalue weighted by Gasteiger charge is -2.29. The lowest BCUT2D eigenvalue weighted by molar-refractivity contribution is -0.118. The lowest BCUT2D eigenvalue weighted by Crippen LogP contribution is -2.41. The molecule has 6 heteroatoms. The lowest BCUT2D eigenvalue weighted by atomic mass is 9.79. The van der Waals surface area contributed by atoms with Gasteiger partial charge in [0, 0.05) is 17.7 Å². The van der Waals surface area contributed by atoms with Crippen molar-refractivity contribution < 1.29 is 18.7 Å². The van der Waals surface area contributed by atoms with Gasteiger partial charge in [0.25, 0.3) is 11.8 Å². The van der Waals surface area contributed by atoms with Gasteiger partial charge >= 0.3 is 0 Å². The third-order valence-electron chi connectivity index (χ3n) is 5.42. The summed E-state index contributed by atoms with van der Waals surface area (Å²) in [5.41, 5.74) is 1.58. The summed E-state index contributed by atoms with van der Waals surface area (Å²) in [7, 11) is 1.56. The SMILES string of the molecule is COc1ccc(C(=O)N/C(=C\c2ccco2)C(=O)N[C@H](C)CC(C)(C)c2ccccc2)cc1. The Kier molecular flexibility index (Phi) is 7.72. The zero-order chi connectivity index (χ0) is 23.8. The van der Waals surface area contributed by atoms with Crippen LogP contribution in [0.1, 0.15) is 48.9 Å². The number of amides is 2. The molecule has 2 N–H and O–H groups in total. The van der Waals surface area contributed by atoms with E-state index in [0.29, 0.717) is 17.1 Å². The Morgan fingerprint density at radius 1 is 1.03 bits per heavy atom. The molecule has 6 nitrogen and oxygen atoms in total. The molecule has 1 heterocycles. The van der Waals surface area contributed by atoms with E-state index < -0.39 is 5.91 Å². The summed E-state index contributed by atoms with van der Waals surface area (Å²) < 4.78 is 10.5. The Labute approximate surface area is 194 Å². The van der Waals surface area contributed by atoms with Gasteiger partial charge in [0.1, 0.15) is 17.2 Å². The summed E-state index contributed by atoms with van der Waals surface area (Å²) in [5, 5.41) is 5.73. The Bertz CT molecular complexity index is 1080. The highest BCUT2D eigenvalue weighted by Crippen LogP contribution is 2.28. The fourth-order valence-corrected chi connectivity index (χ4v) is 3.74. The van der Waals surface area contributed by atoms with E-state index in [9.17, 15) is 9.59 Å². The highest BCUT2D eigenvalue weighted by atomic mass is 16.5. The van der Waals surface area contributed by atoms with Gasteiger partial charge in [0.05, 0.1) is 13.4 Å². The van der Waals surface area contributed by atoms with Gasteiger partial charge in [-0.3, -0.25) is 9.59 Å². The highest BCUT2D eigenvalue weighted by Gasteiger charge is 2.25.